The van der Waals surface area contributed by atoms with Crippen molar-refractivity contribution in [2.45, 2.75) is 46.6 Å². The fraction of sp³-hybridized carbons (Fsp3) is 0.458. The van der Waals surface area contributed by atoms with Gasteiger partial charge >= 0.3 is 11.7 Å². The van der Waals surface area contributed by atoms with E-state index < -0.39 is 29.7 Å². The van der Waals surface area contributed by atoms with Gasteiger partial charge in [-0.15, -0.1) is 0 Å². The highest BCUT2D eigenvalue weighted by molar-refractivity contribution is 5.97. The van der Waals surface area contributed by atoms with Crippen molar-refractivity contribution >= 4 is 29.3 Å². The first-order valence-corrected chi connectivity index (χ1v) is 11.5. The van der Waals surface area contributed by atoms with Crippen LogP contribution in [0.5, 0.6) is 0 Å². The molecule has 1 heterocycles. The molecular formula is C24H33N5O6. The highest BCUT2D eigenvalue weighted by Crippen LogP contribution is 2.18. The molecule has 0 radical (unpaired) electrons. The number of nitrogens with zero attached hydrogens (tertiary/aromatic N) is 2. The van der Waals surface area contributed by atoms with Crippen LogP contribution < -0.4 is 27.2 Å². The summed E-state index contributed by atoms with van der Waals surface area (Å²) in [6, 6.07) is 9.03. The van der Waals surface area contributed by atoms with E-state index in [-0.39, 0.29) is 43.5 Å². The van der Waals surface area contributed by atoms with Crippen LogP contribution in [0.2, 0.25) is 0 Å². The number of H-pyrrole nitrogens is 1. The van der Waals surface area contributed by atoms with Gasteiger partial charge in [-0.3, -0.25) is 28.7 Å². The third kappa shape index (κ3) is 8.13. The molecule has 2 amide bonds. The molecule has 0 fully saturated rings. The summed E-state index contributed by atoms with van der Waals surface area (Å²) in [5.41, 5.74) is 5.25. The minimum atomic E-state index is -0.817. The number of aromatic nitrogens is 2. The van der Waals surface area contributed by atoms with Crippen LogP contribution in [-0.4, -0.2) is 47.0 Å². The van der Waals surface area contributed by atoms with Gasteiger partial charge in [0, 0.05) is 13.0 Å². The molecule has 1 aromatic carbocycles. The van der Waals surface area contributed by atoms with Crippen molar-refractivity contribution in [3.05, 3.63) is 56.7 Å². The van der Waals surface area contributed by atoms with Gasteiger partial charge in [-0.05, 0) is 24.3 Å². The third-order valence-electron chi connectivity index (χ3n) is 5.15. The number of nitrogens with one attached hydrogen (secondary N) is 2. The van der Waals surface area contributed by atoms with Crippen molar-refractivity contribution in [1.29, 1.82) is 0 Å². The lowest BCUT2D eigenvalue weighted by molar-refractivity contribution is -0.147. The predicted molar refractivity (Wildman–Crippen MR) is 132 cm³/mol. The van der Waals surface area contributed by atoms with Crippen molar-refractivity contribution in [2.75, 3.05) is 30.3 Å². The average Bonchev–Trinajstić information content (AvgIpc) is 2.82. The highest BCUT2D eigenvalue weighted by atomic mass is 16.5. The molecule has 11 nitrogen and oxygen atoms in total. The Balaban J connectivity index is 2.13. The van der Waals surface area contributed by atoms with Crippen molar-refractivity contribution in [3.63, 3.8) is 0 Å². The minimum absolute atomic E-state index is 0.0922. The standard InChI is InChI=1S/C24H33N5O6/c1-4-12-28(19(31)15-35-20(32)13-26-18(30)11-10-16(2)3)21-22(25)29(24(34)27-23(21)33)14-17-8-6-5-7-9-17/h5-9,16H,4,10-15,25H2,1-3H3,(H,26,30)(H,27,33,34). The fourth-order valence-electron chi connectivity index (χ4n) is 3.30. The molecule has 190 valence electrons. The summed E-state index contributed by atoms with van der Waals surface area (Å²) in [6.45, 7) is 4.94. The number of amides is 2. The number of benzene rings is 1. The van der Waals surface area contributed by atoms with E-state index in [4.69, 9.17) is 10.5 Å². The molecule has 2 rings (SSSR count). The number of carbonyl (C=O) groups excluding carboxylic acids is 3. The van der Waals surface area contributed by atoms with Crippen LogP contribution in [0.15, 0.2) is 39.9 Å². The SMILES string of the molecule is CCCN(C(=O)COC(=O)CNC(=O)CCC(C)C)c1c(N)n(Cc2ccccc2)c(=O)[nH]c1=O. The Morgan fingerprint density at radius 2 is 1.86 bits per heavy atom. The van der Waals surface area contributed by atoms with E-state index in [1.54, 1.807) is 31.2 Å². The summed E-state index contributed by atoms with van der Waals surface area (Å²) in [5, 5.41) is 2.45. The number of nitrogens with two attached hydrogens (primary N) is 1. The molecule has 0 bridgehead atoms. The Morgan fingerprint density at radius 1 is 1.17 bits per heavy atom. The zero-order valence-corrected chi connectivity index (χ0v) is 20.3. The predicted octanol–water partition coefficient (Wildman–Crippen LogP) is 1.01. The normalized spacial score (nSPS) is 10.7. The second-order valence-electron chi connectivity index (χ2n) is 8.48. The first kappa shape index (κ1) is 27.4. The number of hydrogen-bond donors (Lipinski definition) is 3. The van der Waals surface area contributed by atoms with Crippen LogP contribution >= 0.6 is 0 Å². The van der Waals surface area contributed by atoms with Gasteiger partial charge in [0.05, 0.1) is 6.54 Å². The summed E-state index contributed by atoms with van der Waals surface area (Å²) in [7, 11) is 0. The summed E-state index contributed by atoms with van der Waals surface area (Å²) in [5.74, 6) is -1.58. The number of nitrogen functional groups attached to an aromatic ring is 1. The molecule has 4 N–H and O–H groups in total. The Kier molecular flexibility index (Phi) is 10.2. The molecule has 0 saturated heterocycles. The Labute approximate surface area is 203 Å². The topological polar surface area (TPSA) is 157 Å². The van der Waals surface area contributed by atoms with Gasteiger partial charge in [-0.2, -0.15) is 0 Å². The summed E-state index contributed by atoms with van der Waals surface area (Å²) in [4.78, 5) is 65.0. The maximum absolute atomic E-state index is 12.9. The van der Waals surface area contributed by atoms with E-state index in [1.807, 2.05) is 19.9 Å². The molecular weight excluding hydrogens is 454 g/mol. The Hall–Kier alpha value is -3.89. The molecule has 1 aromatic heterocycles. The number of ether oxygens (including phenoxy) is 1. The van der Waals surface area contributed by atoms with Gasteiger partial charge in [0.2, 0.25) is 5.91 Å². The second-order valence-corrected chi connectivity index (χ2v) is 8.48. The Bertz CT molecular complexity index is 1140. The Morgan fingerprint density at radius 3 is 2.49 bits per heavy atom. The van der Waals surface area contributed by atoms with Crippen LogP contribution in [0.1, 0.15) is 45.6 Å². The van der Waals surface area contributed by atoms with Gasteiger partial charge < -0.3 is 20.7 Å². The average molecular weight is 488 g/mol. The number of rotatable bonds is 12. The zero-order chi connectivity index (χ0) is 26.0. The van der Waals surface area contributed by atoms with Crippen LogP contribution in [0, 0.1) is 5.92 Å². The van der Waals surface area contributed by atoms with E-state index in [2.05, 4.69) is 10.3 Å². The number of esters is 1. The molecule has 11 heteroatoms. The number of hydrogen-bond acceptors (Lipinski definition) is 7. The fourth-order valence-corrected chi connectivity index (χ4v) is 3.30. The van der Waals surface area contributed by atoms with Crippen LogP contribution in [0.4, 0.5) is 11.5 Å². The molecule has 0 aliphatic rings. The van der Waals surface area contributed by atoms with E-state index in [0.717, 1.165) is 10.5 Å². The lowest BCUT2D eigenvalue weighted by Crippen LogP contribution is -2.43. The van der Waals surface area contributed by atoms with E-state index in [1.165, 1.54) is 4.57 Å². The van der Waals surface area contributed by atoms with Crippen molar-refractivity contribution < 1.29 is 19.1 Å². The minimum Gasteiger partial charge on any atom is -0.454 e. The maximum atomic E-state index is 12.9. The largest absolute Gasteiger partial charge is 0.454 e. The van der Waals surface area contributed by atoms with Crippen molar-refractivity contribution in [2.24, 2.45) is 5.92 Å². The highest BCUT2D eigenvalue weighted by Gasteiger charge is 2.24. The van der Waals surface area contributed by atoms with Gasteiger partial charge in [0.25, 0.3) is 11.5 Å². The smallest absolute Gasteiger partial charge is 0.330 e. The molecule has 0 atom stereocenters. The third-order valence-corrected chi connectivity index (χ3v) is 5.15. The second kappa shape index (κ2) is 13.1. The van der Waals surface area contributed by atoms with E-state index >= 15 is 0 Å². The zero-order valence-electron chi connectivity index (χ0n) is 20.3. The van der Waals surface area contributed by atoms with Crippen LogP contribution in [0.25, 0.3) is 0 Å². The van der Waals surface area contributed by atoms with Gasteiger partial charge in [0.15, 0.2) is 12.3 Å². The lowest BCUT2D eigenvalue weighted by atomic mass is 10.1. The van der Waals surface area contributed by atoms with Gasteiger partial charge in [0.1, 0.15) is 12.4 Å². The first-order valence-electron chi connectivity index (χ1n) is 11.5. The summed E-state index contributed by atoms with van der Waals surface area (Å²) >= 11 is 0. The summed E-state index contributed by atoms with van der Waals surface area (Å²) < 4.78 is 6.16. The summed E-state index contributed by atoms with van der Waals surface area (Å²) in [6.07, 6.45) is 1.45. The first-order chi connectivity index (χ1) is 16.6. The monoisotopic (exact) mass is 487 g/mol. The van der Waals surface area contributed by atoms with Gasteiger partial charge in [-0.1, -0.05) is 51.1 Å². The molecule has 0 aliphatic carbocycles. The van der Waals surface area contributed by atoms with Crippen molar-refractivity contribution in [1.82, 2.24) is 14.9 Å². The molecule has 0 aliphatic heterocycles. The van der Waals surface area contributed by atoms with E-state index in [0.29, 0.717) is 18.8 Å². The van der Waals surface area contributed by atoms with Gasteiger partial charge in [-0.25, -0.2) is 4.79 Å². The van der Waals surface area contributed by atoms with Crippen LogP contribution in [-0.2, 0) is 25.7 Å². The molecule has 0 spiro atoms. The number of anilines is 2. The molecule has 0 saturated carbocycles. The van der Waals surface area contributed by atoms with Crippen LogP contribution in [0.3, 0.4) is 0 Å². The molecule has 35 heavy (non-hydrogen) atoms. The van der Waals surface area contributed by atoms with Crippen molar-refractivity contribution in [3.8, 4) is 0 Å². The maximum Gasteiger partial charge on any atom is 0.330 e. The molecule has 0 unspecified atom stereocenters. The number of carbonyl (C=O) groups is 3. The van der Waals surface area contributed by atoms with E-state index in [9.17, 15) is 24.0 Å². The lowest BCUT2D eigenvalue weighted by Gasteiger charge is -2.24. The molecule has 2 aromatic rings. The quantitative estimate of drug-likeness (QED) is 0.377. The number of aromatic amines is 1.